The van der Waals surface area contributed by atoms with E-state index in [0.717, 1.165) is 35.5 Å². The van der Waals surface area contributed by atoms with Crippen molar-refractivity contribution < 1.29 is 0 Å². The summed E-state index contributed by atoms with van der Waals surface area (Å²) in [5.74, 6) is 7.61. The smallest absolute Gasteiger partial charge is 0.0166 e. The zero-order chi connectivity index (χ0) is 13.8. The van der Waals surface area contributed by atoms with Gasteiger partial charge in [-0.15, -0.1) is 0 Å². The molecule has 7 unspecified atom stereocenters. The van der Waals surface area contributed by atoms with Gasteiger partial charge in [0.1, 0.15) is 0 Å². The Labute approximate surface area is 120 Å². The van der Waals surface area contributed by atoms with E-state index in [1.165, 1.54) is 38.5 Å². The fraction of sp³-hybridized carbons (Fsp3) is 0.947. The molecule has 0 saturated heterocycles. The van der Waals surface area contributed by atoms with E-state index in [1.54, 1.807) is 0 Å². The summed E-state index contributed by atoms with van der Waals surface area (Å²) in [6.07, 6.45) is 8.92. The molecule has 3 aliphatic carbocycles. The molecule has 109 valence electrons. The van der Waals surface area contributed by atoms with E-state index in [9.17, 15) is 0 Å². The van der Waals surface area contributed by atoms with Gasteiger partial charge < -0.3 is 0 Å². The highest BCUT2D eigenvalue weighted by Crippen LogP contribution is 2.63. The van der Waals surface area contributed by atoms with Crippen molar-refractivity contribution in [2.24, 2.45) is 40.9 Å². The van der Waals surface area contributed by atoms with Crippen LogP contribution in [0.1, 0.15) is 73.1 Å². The lowest BCUT2D eigenvalue weighted by molar-refractivity contribution is -0.0306. The fourth-order valence-corrected chi connectivity index (χ4v) is 6.27. The van der Waals surface area contributed by atoms with Crippen LogP contribution in [0.15, 0.2) is 0 Å². The van der Waals surface area contributed by atoms with Gasteiger partial charge in [0.15, 0.2) is 0 Å². The van der Waals surface area contributed by atoms with E-state index in [-0.39, 0.29) is 0 Å². The van der Waals surface area contributed by atoms with Crippen LogP contribution in [0, 0.1) is 46.8 Å². The predicted molar refractivity (Wildman–Crippen MR) is 82.7 cm³/mol. The first-order valence-corrected chi connectivity index (χ1v) is 8.79. The van der Waals surface area contributed by atoms with Gasteiger partial charge in [-0.3, -0.25) is 0 Å². The van der Waals surface area contributed by atoms with Crippen molar-refractivity contribution in [3.63, 3.8) is 0 Å². The van der Waals surface area contributed by atoms with Gasteiger partial charge in [-0.25, -0.2) is 0 Å². The predicted octanol–water partition coefficient (Wildman–Crippen LogP) is 5.73. The molecule has 0 nitrogen and oxygen atoms in total. The maximum absolute atomic E-state index is 2.61. The van der Waals surface area contributed by atoms with Crippen LogP contribution >= 0.6 is 0 Å². The van der Waals surface area contributed by atoms with Gasteiger partial charge in [-0.1, -0.05) is 47.5 Å². The van der Waals surface area contributed by atoms with Crippen LogP contribution in [0.3, 0.4) is 0 Å². The minimum Gasteiger partial charge on any atom is -0.0622 e. The van der Waals surface area contributed by atoms with Gasteiger partial charge in [0.25, 0.3) is 0 Å². The molecule has 0 aromatic heterocycles. The van der Waals surface area contributed by atoms with Gasteiger partial charge in [0.2, 0.25) is 0 Å². The highest BCUT2D eigenvalue weighted by Gasteiger charge is 2.54. The van der Waals surface area contributed by atoms with E-state index in [0.29, 0.717) is 5.41 Å². The van der Waals surface area contributed by atoms with Crippen molar-refractivity contribution in [1.29, 1.82) is 0 Å². The molecule has 0 aliphatic heterocycles. The van der Waals surface area contributed by atoms with Gasteiger partial charge in [-0.2, -0.15) is 0 Å². The first kappa shape index (κ1) is 14.0. The summed E-state index contributed by atoms with van der Waals surface area (Å²) in [5, 5.41) is 0. The third kappa shape index (κ3) is 2.09. The van der Waals surface area contributed by atoms with Crippen LogP contribution in [-0.4, -0.2) is 0 Å². The lowest BCUT2D eigenvalue weighted by Crippen LogP contribution is -2.51. The molecular weight excluding hydrogens is 228 g/mol. The Hall–Kier alpha value is 0. The average molecular weight is 261 g/mol. The second kappa shape index (κ2) is 4.78. The molecule has 0 aromatic rings. The number of rotatable bonds is 0. The number of fused-ring (bicyclic) bond motifs is 3. The molecule has 0 N–H and O–H groups in total. The fourth-order valence-electron chi connectivity index (χ4n) is 6.27. The van der Waals surface area contributed by atoms with Crippen LogP contribution in [0.25, 0.3) is 0 Å². The van der Waals surface area contributed by atoms with Crippen molar-refractivity contribution >= 4 is 0 Å². The summed E-state index contributed by atoms with van der Waals surface area (Å²) in [4.78, 5) is 0. The van der Waals surface area contributed by atoms with Gasteiger partial charge >= 0.3 is 0 Å². The second-order valence-electron chi connectivity index (χ2n) is 8.63. The van der Waals surface area contributed by atoms with Gasteiger partial charge in [0.05, 0.1) is 0 Å². The third-order valence-electron chi connectivity index (χ3n) is 7.46. The summed E-state index contributed by atoms with van der Waals surface area (Å²) < 4.78 is 0. The van der Waals surface area contributed by atoms with E-state index in [2.05, 4.69) is 34.6 Å². The van der Waals surface area contributed by atoms with Gasteiger partial charge in [0, 0.05) is 0 Å². The first-order valence-electron chi connectivity index (χ1n) is 8.79. The third-order valence-corrected chi connectivity index (χ3v) is 7.46. The average Bonchev–Trinajstić information content (AvgIpc) is 2.34. The normalized spacial score (nSPS) is 55.4. The Bertz CT molecular complexity index is 331. The highest BCUT2D eigenvalue weighted by atomic mass is 14.6. The summed E-state index contributed by atoms with van der Waals surface area (Å²) in [5.41, 5.74) is 0.656. The molecule has 3 rings (SSSR count). The van der Waals surface area contributed by atoms with Crippen molar-refractivity contribution in [3.8, 4) is 0 Å². The summed E-state index contributed by atoms with van der Waals surface area (Å²) in [7, 11) is 0. The Morgan fingerprint density at radius 1 is 0.947 bits per heavy atom. The van der Waals surface area contributed by atoms with Crippen molar-refractivity contribution in [1.82, 2.24) is 0 Å². The minimum absolute atomic E-state index is 0.656. The van der Waals surface area contributed by atoms with Crippen LogP contribution in [0.2, 0.25) is 0 Å². The van der Waals surface area contributed by atoms with Crippen LogP contribution in [-0.2, 0) is 0 Å². The van der Waals surface area contributed by atoms with Crippen molar-refractivity contribution in [2.45, 2.75) is 73.1 Å². The molecule has 19 heavy (non-hydrogen) atoms. The van der Waals surface area contributed by atoms with Crippen LogP contribution in [0.4, 0.5) is 0 Å². The maximum Gasteiger partial charge on any atom is -0.0166 e. The summed E-state index contributed by atoms with van der Waals surface area (Å²) >= 11 is 0. The lowest BCUT2D eigenvalue weighted by atomic mass is 9.45. The molecular formula is C19H33. The zero-order valence-electron chi connectivity index (χ0n) is 13.7. The monoisotopic (exact) mass is 261 g/mol. The molecule has 3 fully saturated rings. The van der Waals surface area contributed by atoms with Crippen molar-refractivity contribution in [3.05, 3.63) is 5.92 Å². The largest absolute Gasteiger partial charge is 0.0622 e. The Morgan fingerprint density at radius 2 is 1.68 bits per heavy atom. The zero-order valence-corrected chi connectivity index (χ0v) is 13.7. The summed E-state index contributed by atoms with van der Waals surface area (Å²) in [6.45, 7) is 12.7. The highest BCUT2D eigenvalue weighted by molar-refractivity contribution is 5.17. The maximum atomic E-state index is 2.61. The van der Waals surface area contributed by atoms with Gasteiger partial charge in [-0.05, 0) is 72.5 Å². The summed E-state index contributed by atoms with van der Waals surface area (Å²) in [6, 6.07) is 0. The molecule has 0 aromatic carbocycles. The van der Waals surface area contributed by atoms with E-state index < -0.39 is 0 Å². The SMILES string of the molecule is CC1C[C]2C(C(C)CC3(C)CCCCC23)C(C)C1C. The molecule has 3 saturated carbocycles. The number of hydrogen-bond donors (Lipinski definition) is 0. The quantitative estimate of drug-likeness (QED) is 0.522. The van der Waals surface area contributed by atoms with Crippen LogP contribution in [0.5, 0.6) is 0 Å². The molecule has 3 aliphatic rings. The topological polar surface area (TPSA) is 0 Å². The standard InChI is InChI=1S/C19H33/c1-12-10-16-17-8-6-7-9-19(17,5)11-13(2)18(16)15(4)14(12)3/h12-15,17-18H,6-11H2,1-5H3. The van der Waals surface area contributed by atoms with Crippen LogP contribution < -0.4 is 0 Å². The molecule has 0 amide bonds. The molecule has 0 spiro atoms. The lowest BCUT2D eigenvalue weighted by Gasteiger charge is -2.60. The van der Waals surface area contributed by atoms with Crippen molar-refractivity contribution in [2.75, 3.05) is 0 Å². The molecule has 1 radical (unpaired) electrons. The Balaban J connectivity index is 1.91. The Morgan fingerprint density at radius 3 is 2.42 bits per heavy atom. The van der Waals surface area contributed by atoms with E-state index in [4.69, 9.17) is 0 Å². The molecule has 0 heterocycles. The first-order chi connectivity index (χ1) is 8.94. The Kier molecular flexibility index (Phi) is 3.51. The molecule has 0 bridgehead atoms. The van der Waals surface area contributed by atoms with E-state index >= 15 is 0 Å². The minimum atomic E-state index is 0.656. The molecule has 0 heteroatoms. The second-order valence-corrected chi connectivity index (χ2v) is 8.63. The van der Waals surface area contributed by atoms with E-state index in [1.807, 2.05) is 5.92 Å². The molecule has 7 atom stereocenters. The number of hydrogen-bond acceptors (Lipinski definition) is 0.